The minimum Gasteiger partial charge on any atom is -0.497 e. The van der Waals surface area contributed by atoms with Crippen LogP contribution in [0.5, 0.6) is 11.5 Å². The Bertz CT molecular complexity index is 827. The van der Waals surface area contributed by atoms with Crippen LogP contribution >= 0.6 is 24.0 Å². The summed E-state index contributed by atoms with van der Waals surface area (Å²) in [5.74, 6) is 1.53. The molecule has 0 heterocycles. The maximum atomic E-state index is 11.9. The predicted molar refractivity (Wildman–Crippen MR) is 124 cm³/mol. The molecule has 0 saturated heterocycles. The maximum Gasteiger partial charge on any atom is 0.341 e. The van der Waals surface area contributed by atoms with Crippen LogP contribution in [0.1, 0.15) is 28.4 Å². The minimum atomic E-state index is -0.433. The van der Waals surface area contributed by atoms with Crippen LogP contribution in [0.25, 0.3) is 0 Å². The zero-order valence-electron chi connectivity index (χ0n) is 17.2. The van der Waals surface area contributed by atoms with Crippen LogP contribution in [-0.4, -0.2) is 39.8 Å². The van der Waals surface area contributed by atoms with Crippen molar-refractivity contribution < 1.29 is 19.0 Å². The fourth-order valence-corrected chi connectivity index (χ4v) is 2.60. The van der Waals surface area contributed by atoms with Crippen LogP contribution < -0.4 is 20.1 Å². The first-order valence-electron chi connectivity index (χ1n) is 9.01. The van der Waals surface area contributed by atoms with Crippen LogP contribution in [0, 0.1) is 0 Å². The summed E-state index contributed by atoms with van der Waals surface area (Å²) < 4.78 is 15.3. The van der Waals surface area contributed by atoms with Crippen LogP contribution in [0.2, 0.25) is 0 Å². The molecule has 2 rings (SSSR count). The summed E-state index contributed by atoms with van der Waals surface area (Å²) in [6.07, 6.45) is 0. The number of rotatable bonds is 8. The van der Waals surface area contributed by atoms with Gasteiger partial charge in [0.2, 0.25) is 0 Å². The van der Waals surface area contributed by atoms with Gasteiger partial charge in [-0.2, -0.15) is 0 Å². The van der Waals surface area contributed by atoms with Crippen LogP contribution in [0.15, 0.2) is 47.5 Å². The zero-order valence-corrected chi connectivity index (χ0v) is 19.5. The molecule has 29 heavy (non-hydrogen) atoms. The van der Waals surface area contributed by atoms with Crippen molar-refractivity contribution in [2.24, 2.45) is 4.99 Å². The van der Waals surface area contributed by atoms with E-state index in [0.29, 0.717) is 30.4 Å². The number of carbonyl (C=O) groups is 1. The SMILES string of the molecule is CCNC(=NCc1cccc(OC)c1)NCc1ccc(OC)c(C(=O)OC)c1.I. The van der Waals surface area contributed by atoms with E-state index in [9.17, 15) is 4.79 Å². The van der Waals surface area contributed by atoms with Crippen molar-refractivity contribution >= 4 is 35.9 Å². The predicted octanol–water partition coefficient (Wildman–Crippen LogP) is 3.36. The van der Waals surface area contributed by atoms with E-state index in [0.717, 1.165) is 23.4 Å². The van der Waals surface area contributed by atoms with Gasteiger partial charge < -0.3 is 24.8 Å². The third kappa shape index (κ3) is 7.45. The molecule has 0 aromatic heterocycles. The van der Waals surface area contributed by atoms with Gasteiger partial charge in [0.1, 0.15) is 17.1 Å². The summed E-state index contributed by atoms with van der Waals surface area (Å²) in [5, 5.41) is 6.49. The summed E-state index contributed by atoms with van der Waals surface area (Å²) in [6, 6.07) is 13.2. The Kier molecular flexibility index (Phi) is 10.9. The maximum absolute atomic E-state index is 11.9. The minimum absolute atomic E-state index is 0. The number of carbonyl (C=O) groups excluding carboxylic acids is 1. The van der Waals surface area contributed by atoms with Gasteiger partial charge in [0.25, 0.3) is 0 Å². The van der Waals surface area contributed by atoms with Gasteiger partial charge in [0, 0.05) is 13.1 Å². The van der Waals surface area contributed by atoms with Crippen LogP contribution in [-0.2, 0) is 17.8 Å². The van der Waals surface area contributed by atoms with Gasteiger partial charge in [-0.1, -0.05) is 18.2 Å². The van der Waals surface area contributed by atoms with E-state index in [2.05, 4.69) is 15.6 Å². The van der Waals surface area contributed by atoms with Gasteiger partial charge in [0.05, 0.1) is 27.9 Å². The highest BCUT2D eigenvalue weighted by Gasteiger charge is 2.13. The quantitative estimate of drug-likeness (QED) is 0.244. The number of aliphatic imine (C=N–C) groups is 1. The van der Waals surface area contributed by atoms with Crippen molar-refractivity contribution in [3.05, 3.63) is 59.2 Å². The monoisotopic (exact) mass is 513 g/mol. The van der Waals surface area contributed by atoms with E-state index in [1.54, 1.807) is 19.2 Å². The molecule has 2 aromatic rings. The number of methoxy groups -OCH3 is 3. The number of nitrogens with zero attached hydrogens (tertiary/aromatic N) is 1. The summed E-state index contributed by atoms with van der Waals surface area (Å²) in [7, 11) is 4.51. The van der Waals surface area contributed by atoms with E-state index < -0.39 is 5.97 Å². The van der Waals surface area contributed by atoms with Gasteiger partial charge in [-0.05, 0) is 42.3 Å². The van der Waals surface area contributed by atoms with E-state index in [1.807, 2.05) is 37.3 Å². The first-order chi connectivity index (χ1) is 13.6. The van der Waals surface area contributed by atoms with Crippen molar-refractivity contribution in [3.8, 4) is 11.5 Å². The molecule has 0 saturated carbocycles. The number of benzene rings is 2. The highest BCUT2D eigenvalue weighted by Crippen LogP contribution is 2.20. The Hall–Kier alpha value is -2.49. The summed E-state index contributed by atoms with van der Waals surface area (Å²) in [6.45, 7) is 3.76. The third-order valence-electron chi connectivity index (χ3n) is 4.03. The Morgan fingerprint density at radius 2 is 1.79 bits per heavy atom. The summed E-state index contributed by atoms with van der Waals surface area (Å²) in [4.78, 5) is 16.5. The molecule has 0 fully saturated rings. The molecule has 0 amide bonds. The van der Waals surface area contributed by atoms with E-state index in [1.165, 1.54) is 14.2 Å². The smallest absolute Gasteiger partial charge is 0.341 e. The first kappa shape index (κ1) is 24.5. The number of guanidine groups is 1. The molecule has 0 spiro atoms. The second kappa shape index (κ2) is 12.9. The molecule has 0 aliphatic heterocycles. The molecule has 0 atom stereocenters. The molecule has 0 aliphatic carbocycles. The lowest BCUT2D eigenvalue weighted by Crippen LogP contribution is -2.36. The molecule has 158 valence electrons. The first-order valence-corrected chi connectivity index (χ1v) is 9.01. The number of nitrogens with one attached hydrogen (secondary N) is 2. The molecule has 0 radical (unpaired) electrons. The van der Waals surface area contributed by atoms with Gasteiger partial charge in [-0.3, -0.25) is 0 Å². The second-order valence-electron chi connectivity index (χ2n) is 5.93. The summed E-state index contributed by atoms with van der Waals surface area (Å²) >= 11 is 0. The number of ether oxygens (including phenoxy) is 3. The summed E-state index contributed by atoms with van der Waals surface area (Å²) in [5.41, 5.74) is 2.35. The van der Waals surface area contributed by atoms with Crippen molar-refractivity contribution in [1.29, 1.82) is 0 Å². The third-order valence-corrected chi connectivity index (χ3v) is 4.03. The molecule has 7 nitrogen and oxygen atoms in total. The molecule has 2 N–H and O–H groups in total. The second-order valence-corrected chi connectivity index (χ2v) is 5.93. The van der Waals surface area contributed by atoms with Crippen molar-refractivity contribution in [2.75, 3.05) is 27.9 Å². The largest absolute Gasteiger partial charge is 0.497 e. The van der Waals surface area contributed by atoms with E-state index in [-0.39, 0.29) is 24.0 Å². The van der Waals surface area contributed by atoms with Crippen molar-refractivity contribution in [3.63, 3.8) is 0 Å². The number of halogens is 1. The highest BCUT2D eigenvalue weighted by molar-refractivity contribution is 14.0. The topological polar surface area (TPSA) is 81.2 Å². The van der Waals surface area contributed by atoms with Crippen LogP contribution in [0.3, 0.4) is 0 Å². The molecule has 8 heteroatoms. The molecular weight excluding hydrogens is 485 g/mol. The number of esters is 1. The molecule has 0 bridgehead atoms. The van der Waals surface area contributed by atoms with Crippen LogP contribution in [0.4, 0.5) is 0 Å². The highest BCUT2D eigenvalue weighted by atomic mass is 127. The van der Waals surface area contributed by atoms with Gasteiger partial charge in [-0.15, -0.1) is 24.0 Å². The fourth-order valence-electron chi connectivity index (χ4n) is 2.60. The lowest BCUT2D eigenvalue weighted by atomic mass is 10.1. The Morgan fingerprint density at radius 1 is 1.00 bits per heavy atom. The van der Waals surface area contributed by atoms with Crippen molar-refractivity contribution in [2.45, 2.75) is 20.0 Å². The zero-order chi connectivity index (χ0) is 20.4. The number of hydrogen-bond donors (Lipinski definition) is 2. The lowest BCUT2D eigenvalue weighted by Gasteiger charge is -2.13. The van der Waals surface area contributed by atoms with Gasteiger partial charge in [0.15, 0.2) is 5.96 Å². The number of hydrogen-bond acceptors (Lipinski definition) is 5. The molecule has 0 unspecified atom stereocenters. The van der Waals surface area contributed by atoms with Crippen molar-refractivity contribution in [1.82, 2.24) is 10.6 Å². The van der Waals surface area contributed by atoms with E-state index in [4.69, 9.17) is 14.2 Å². The molecule has 2 aromatic carbocycles. The van der Waals surface area contributed by atoms with Gasteiger partial charge in [-0.25, -0.2) is 9.79 Å². The van der Waals surface area contributed by atoms with Gasteiger partial charge >= 0.3 is 5.97 Å². The average molecular weight is 513 g/mol. The lowest BCUT2D eigenvalue weighted by molar-refractivity contribution is 0.0597. The average Bonchev–Trinajstić information content (AvgIpc) is 2.75. The standard InChI is InChI=1S/C21H27N3O4.HI/c1-5-22-21(23-13-15-7-6-8-17(11-15)26-2)24-14-16-9-10-19(27-3)18(12-16)20(25)28-4;/h6-12H,5,13-14H2,1-4H3,(H2,22,23,24);1H. The Labute approximate surface area is 188 Å². The van der Waals surface area contributed by atoms with E-state index >= 15 is 0 Å². The molecular formula is C21H28IN3O4. The normalized spacial score (nSPS) is 10.6. The fraction of sp³-hybridized carbons (Fsp3) is 0.333. The molecule has 0 aliphatic rings. The Balaban J connectivity index is 0.00000420. The Morgan fingerprint density at radius 3 is 2.45 bits per heavy atom.